The van der Waals surface area contributed by atoms with Crippen LogP contribution in [0.25, 0.3) is 0 Å². The molecule has 0 fully saturated rings. The van der Waals surface area contributed by atoms with E-state index in [4.69, 9.17) is 21.1 Å². The van der Waals surface area contributed by atoms with Gasteiger partial charge in [0.05, 0.1) is 24.3 Å². The molecule has 1 N–H and O–H groups in total. The molecule has 90 valence electrons. The molecule has 0 aromatic heterocycles. The summed E-state index contributed by atoms with van der Waals surface area (Å²) in [7, 11) is 5.21. The lowest BCUT2D eigenvalue weighted by atomic mass is 10.0. The molecule has 0 amide bonds. The van der Waals surface area contributed by atoms with Crippen LogP contribution in [-0.4, -0.2) is 27.4 Å². The van der Waals surface area contributed by atoms with Crippen LogP contribution in [0.5, 0.6) is 5.75 Å². The highest BCUT2D eigenvalue weighted by Gasteiger charge is 2.18. The van der Waals surface area contributed by atoms with Gasteiger partial charge in [-0.2, -0.15) is 0 Å². The number of halogens is 1. The predicted molar refractivity (Wildman–Crippen MR) is 66.3 cm³/mol. The summed E-state index contributed by atoms with van der Waals surface area (Å²) in [5, 5.41) is 3.83. The maximum atomic E-state index is 5.98. The average molecular weight is 244 g/mol. The van der Waals surface area contributed by atoms with Crippen LogP contribution in [0.15, 0.2) is 18.2 Å². The Morgan fingerprint density at radius 2 is 2.00 bits per heavy atom. The fourth-order valence-electron chi connectivity index (χ4n) is 1.68. The van der Waals surface area contributed by atoms with Crippen LogP contribution in [-0.2, 0) is 4.74 Å². The molecule has 0 aliphatic rings. The number of likely N-dealkylation sites (N-methyl/N-ethyl adjacent to an activating group) is 1. The van der Waals surface area contributed by atoms with E-state index in [0.29, 0.717) is 10.8 Å². The van der Waals surface area contributed by atoms with Crippen LogP contribution < -0.4 is 10.1 Å². The molecular formula is C12H18ClNO2. The van der Waals surface area contributed by atoms with Gasteiger partial charge in [0.25, 0.3) is 0 Å². The van der Waals surface area contributed by atoms with E-state index < -0.39 is 0 Å². The van der Waals surface area contributed by atoms with Gasteiger partial charge in [0, 0.05) is 7.11 Å². The highest BCUT2D eigenvalue weighted by atomic mass is 35.5. The van der Waals surface area contributed by atoms with E-state index in [-0.39, 0.29) is 12.1 Å². The first kappa shape index (κ1) is 13.3. The summed E-state index contributed by atoms with van der Waals surface area (Å²) in [6, 6.07) is 5.86. The van der Waals surface area contributed by atoms with Gasteiger partial charge >= 0.3 is 0 Å². The SMILES string of the molecule is CNC(c1ccc(Cl)c(OC)c1)C(C)OC. The number of rotatable bonds is 5. The normalized spacial score (nSPS) is 14.6. The minimum absolute atomic E-state index is 0.0795. The summed E-state index contributed by atoms with van der Waals surface area (Å²) in [5.74, 6) is 0.683. The maximum absolute atomic E-state index is 5.98. The standard InChI is InChI=1S/C12H18ClNO2/c1-8(15-3)12(14-2)9-5-6-10(13)11(7-9)16-4/h5-8,12,14H,1-4H3. The highest BCUT2D eigenvalue weighted by Crippen LogP contribution is 2.29. The molecule has 3 nitrogen and oxygen atoms in total. The summed E-state index contributed by atoms with van der Waals surface area (Å²) < 4.78 is 10.5. The molecule has 0 aliphatic carbocycles. The van der Waals surface area contributed by atoms with Crippen molar-refractivity contribution in [2.75, 3.05) is 21.3 Å². The predicted octanol–water partition coefficient (Wildman–Crippen LogP) is 2.64. The fraction of sp³-hybridized carbons (Fsp3) is 0.500. The Bertz CT molecular complexity index is 344. The average Bonchev–Trinajstić information content (AvgIpc) is 2.31. The van der Waals surface area contributed by atoms with Crippen molar-refractivity contribution in [1.29, 1.82) is 0 Å². The number of ether oxygens (including phenoxy) is 2. The molecule has 0 radical (unpaired) electrons. The topological polar surface area (TPSA) is 30.5 Å². The maximum Gasteiger partial charge on any atom is 0.137 e. The monoisotopic (exact) mass is 243 g/mol. The Labute approximate surface area is 102 Å². The van der Waals surface area contributed by atoms with Gasteiger partial charge < -0.3 is 14.8 Å². The van der Waals surface area contributed by atoms with Crippen LogP contribution in [0.2, 0.25) is 5.02 Å². The zero-order valence-electron chi connectivity index (χ0n) is 10.1. The lowest BCUT2D eigenvalue weighted by Crippen LogP contribution is -2.28. The summed E-state index contributed by atoms with van der Waals surface area (Å²) in [6.45, 7) is 2.02. The van der Waals surface area contributed by atoms with E-state index in [1.54, 1.807) is 14.2 Å². The minimum Gasteiger partial charge on any atom is -0.495 e. The van der Waals surface area contributed by atoms with Crippen LogP contribution in [0.1, 0.15) is 18.5 Å². The molecule has 0 saturated heterocycles. The van der Waals surface area contributed by atoms with Gasteiger partial charge in [0.2, 0.25) is 0 Å². The molecular weight excluding hydrogens is 226 g/mol. The third kappa shape index (κ3) is 2.88. The zero-order chi connectivity index (χ0) is 12.1. The summed E-state index contributed by atoms with van der Waals surface area (Å²) in [4.78, 5) is 0. The molecule has 0 heterocycles. The van der Waals surface area contributed by atoms with Gasteiger partial charge in [-0.15, -0.1) is 0 Å². The molecule has 0 saturated carbocycles. The Morgan fingerprint density at radius 1 is 1.31 bits per heavy atom. The van der Waals surface area contributed by atoms with Gasteiger partial charge in [0.15, 0.2) is 0 Å². The van der Waals surface area contributed by atoms with E-state index >= 15 is 0 Å². The molecule has 0 spiro atoms. The lowest BCUT2D eigenvalue weighted by Gasteiger charge is -2.23. The van der Waals surface area contributed by atoms with Crippen LogP contribution in [0.4, 0.5) is 0 Å². The molecule has 2 atom stereocenters. The lowest BCUT2D eigenvalue weighted by molar-refractivity contribution is 0.0856. The molecule has 4 heteroatoms. The molecule has 2 unspecified atom stereocenters. The van der Waals surface area contributed by atoms with Crippen molar-refractivity contribution in [2.24, 2.45) is 0 Å². The quantitative estimate of drug-likeness (QED) is 0.863. The van der Waals surface area contributed by atoms with Crippen molar-refractivity contribution in [3.05, 3.63) is 28.8 Å². The minimum atomic E-state index is 0.0795. The summed E-state index contributed by atoms with van der Waals surface area (Å²) in [5.41, 5.74) is 1.10. The second-order valence-electron chi connectivity index (χ2n) is 3.60. The second-order valence-corrected chi connectivity index (χ2v) is 4.01. The van der Waals surface area contributed by atoms with Gasteiger partial charge in [0.1, 0.15) is 5.75 Å². The summed E-state index contributed by atoms with van der Waals surface area (Å²) >= 11 is 5.98. The first-order chi connectivity index (χ1) is 7.63. The first-order valence-corrected chi connectivity index (χ1v) is 5.55. The van der Waals surface area contributed by atoms with Crippen molar-refractivity contribution in [1.82, 2.24) is 5.32 Å². The fourth-order valence-corrected chi connectivity index (χ4v) is 1.87. The van der Waals surface area contributed by atoms with Crippen molar-refractivity contribution in [3.8, 4) is 5.75 Å². The molecule has 16 heavy (non-hydrogen) atoms. The molecule has 0 aliphatic heterocycles. The largest absolute Gasteiger partial charge is 0.495 e. The van der Waals surface area contributed by atoms with Crippen LogP contribution in [0.3, 0.4) is 0 Å². The van der Waals surface area contributed by atoms with Crippen molar-refractivity contribution in [3.63, 3.8) is 0 Å². The van der Waals surface area contributed by atoms with E-state index in [1.165, 1.54) is 0 Å². The second kappa shape index (κ2) is 6.09. The highest BCUT2D eigenvalue weighted by molar-refractivity contribution is 6.32. The Balaban J connectivity index is 3.01. The smallest absolute Gasteiger partial charge is 0.137 e. The van der Waals surface area contributed by atoms with Crippen molar-refractivity contribution in [2.45, 2.75) is 19.1 Å². The third-order valence-corrected chi connectivity index (χ3v) is 3.00. The number of benzene rings is 1. The zero-order valence-corrected chi connectivity index (χ0v) is 10.8. The van der Waals surface area contributed by atoms with Crippen LogP contribution in [0, 0.1) is 0 Å². The Morgan fingerprint density at radius 3 is 2.50 bits per heavy atom. The molecule has 1 aromatic rings. The number of hydrogen-bond donors (Lipinski definition) is 1. The van der Waals surface area contributed by atoms with Crippen molar-refractivity contribution < 1.29 is 9.47 Å². The van der Waals surface area contributed by atoms with Crippen LogP contribution >= 0.6 is 11.6 Å². The van der Waals surface area contributed by atoms with Gasteiger partial charge in [-0.05, 0) is 31.7 Å². The van der Waals surface area contributed by atoms with Gasteiger partial charge in [-0.3, -0.25) is 0 Å². The van der Waals surface area contributed by atoms with E-state index in [1.807, 2.05) is 32.2 Å². The van der Waals surface area contributed by atoms with Crippen molar-refractivity contribution >= 4 is 11.6 Å². The molecule has 0 bridgehead atoms. The van der Waals surface area contributed by atoms with E-state index in [2.05, 4.69) is 5.32 Å². The first-order valence-electron chi connectivity index (χ1n) is 5.17. The van der Waals surface area contributed by atoms with E-state index in [0.717, 1.165) is 5.56 Å². The van der Waals surface area contributed by atoms with Gasteiger partial charge in [-0.25, -0.2) is 0 Å². The third-order valence-electron chi connectivity index (χ3n) is 2.69. The number of methoxy groups -OCH3 is 2. The number of hydrogen-bond acceptors (Lipinski definition) is 3. The molecule has 1 aromatic carbocycles. The molecule has 1 rings (SSSR count). The Hall–Kier alpha value is -0.770. The Kier molecular flexibility index (Phi) is 5.06. The van der Waals surface area contributed by atoms with Gasteiger partial charge in [-0.1, -0.05) is 17.7 Å². The summed E-state index contributed by atoms with van der Waals surface area (Å²) in [6.07, 6.45) is 0.0795. The number of nitrogens with one attached hydrogen (secondary N) is 1. The van der Waals surface area contributed by atoms with E-state index in [9.17, 15) is 0 Å².